The van der Waals surface area contributed by atoms with E-state index in [1.54, 1.807) is 0 Å². The van der Waals surface area contributed by atoms with Gasteiger partial charge in [0, 0.05) is 52.4 Å². The number of rotatable bonds is 5. The maximum absolute atomic E-state index is 9.65. The second kappa shape index (κ2) is 11.6. The molecule has 0 spiro atoms. The van der Waals surface area contributed by atoms with E-state index in [9.17, 15) is 5.11 Å². The summed E-state index contributed by atoms with van der Waals surface area (Å²) in [7, 11) is 1.89. The summed E-state index contributed by atoms with van der Waals surface area (Å²) in [4.78, 5) is 12.1. The lowest BCUT2D eigenvalue weighted by molar-refractivity contribution is 0.0792. The number of benzene rings is 1. The Morgan fingerprint density at radius 2 is 1.67 bits per heavy atom. The van der Waals surface area contributed by atoms with Crippen LogP contribution in [-0.4, -0.2) is 84.2 Å². The van der Waals surface area contributed by atoms with Crippen LogP contribution < -0.4 is 5.32 Å². The zero-order valence-electron chi connectivity index (χ0n) is 18.3. The lowest BCUT2D eigenvalue weighted by Crippen LogP contribution is -2.42. The minimum absolute atomic E-state index is 0. The number of hydrogen-bond acceptors (Lipinski definition) is 4. The zero-order chi connectivity index (χ0) is 20.1. The molecular formula is C23H38IN5O. The van der Waals surface area contributed by atoms with Gasteiger partial charge in [0.05, 0.1) is 6.10 Å². The molecule has 0 aliphatic carbocycles. The van der Waals surface area contributed by atoms with Crippen molar-refractivity contribution in [3.05, 3.63) is 35.4 Å². The molecule has 168 valence electrons. The lowest BCUT2D eigenvalue weighted by atomic mass is 10.1. The van der Waals surface area contributed by atoms with Crippen molar-refractivity contribution in [2.75, 3.05) is 46.3 Å². The fourth-order valence-corrected chi connectivity index (χ4v) is 4.95. The van der Waals surface area contributed by atoms with E-state index in [2.05, 4.69) is 49.3 Å². The predicted molar refractivity (Wildman–Crippen MR) is 133 cm³/mol. The van der Waals surface area contributed by atoms with Crippen molar-refractivity contribution in [3.8, 4) is 0 Å². The molecule has 0 saturated carbocycles. The Bertz CT molecular complexity index is 669. The van der Waals surface area contributed by atoms with Crippen molar-refractivity contribution in [1.29, 1.82) is 0 Å². The fraction of sp³-hybridized carbons (Fsp3) is 0.696. The SMILES string of the molecule is CN=C(NCc1ccc(CN2CCC(O)CC2)cc1)N1CCC(N2CCCC2)C1.I. The van der Waals surface area contributed by atoms with Gasteiger partial charge >= 0.3 is 0 Å². The number of guanidine groups is 1. The molecule has 7 heteroatoms. The minimum Gasteiger partial charge on any atom is -0.393 e. The van der Waals surface area contributed by atoms with E-state index < -0.39 is 0 Å². The highest BCUT2D eigenvalue weighted by molar-refractivity contribution is 14.0. The highest BCUT2D eigenvalue weighted by Gasteiger charge is 2.30. The van der Waals surface area contributed by atoms with Gasteiger partial charge in [-0.2, -0.15) is 0 Å². The third-order valence-corrected chi connectivity index (χ3v) is 6.77. The van der Waals surface area contributed by atoms with Crippen molar-refractivity contribution in [3.63, 3.8) is 0 Å². The molecule has 0 bridgehead atoms. The summed E-state index contributed by atoms with van der Waals surface area (Å²) in [6, 6.07) is 9.64. The number of aliphatic imine (C=N–C) groups is 1. The van der Waals surface area contributed by atoms with Gasteiger partial charge in [0.2, 0.25) is 0 Å². The minimum atomic E-state index is -0.102. The maximum atomic E-state index is 9.65. The molecule has 1 atom stereocenters. The Kier molecular flexibility index (Phi) is 9.22. The molecule has 30 heavy (non-hydrogen) atoms. The Morgan fingerprint density at radius 3 is 2.33 bits per heavy atom. The Balaban J connectivity index is 0.00000256. The number of nitrogens with one attached hydrogen (secondary N) is 1. The Morgan fingerprint density at radius 1 is 1.00 bits per heavy atom. The number of hydrogen-bond donors (Lipinski definition) is 2. The molecule has 1 aromatic rings. The molecule has 4 rings (SSSR count). The van der Waals surface area contributed by atoms with E-state index in [-0.39, 0.29) is 30.1 Å². The van der Waals surface area contributed by atoms with Crippen LogP contribution in [0.5, 0.6) is 0 Å². The summed E-state index contributed by atoms with van der Waals surface area (Å²) >= 11 is 0. The molecule has 3 saturated heterocycles. The number of aliphatic hydroxyl groups excluding tert-OH is 1. The van der Waals surface area contributed by atoms with Gasteiger partial charge in [-0.05, 0) is 56.3 Å². The number of halogens is 1. The van der Waals surface area contributed by atoms with E-state index >= 15 is 0 Å². The van der Waals surface area contributed by atoms with Gasteiger partial charge in [-0.15, -0.1) is 24.0 Å². The molecule has 1 unspecified atom stereocenters. The summed E-state index contributed by atoms with van der Waals surface area (Å²) < 4.78 is 0. The number of nitrogens with zero attached hydrogens (tertiary/aromatic N) is 4. The van der Waals surface area contributed by atoms with Gasteiger partial charge in [0.15, 0.2) is 5.96 Å². The molecule has 6 nitrogen and oxygen atoms in total. The summed E-state index contributed by atoms with van der Waals surface area (Å²) in [5.74, 6) is 1.03. The molecule has 0 aromatic heterocycles. The summed E-state index contributed by atoms with van der Waals surface area (Å²) in [6.45, 7) is 8.53. The topological polar surface area (TPSA) is 54.3 Å². The standard InChI is InChI=1S/C23H37N5O.HI/c1-24-23(28-15-8-21(18-28)27-11-2-3-12-27)25-16-19-4-6-20(7-5-19)17-26-13-9-22(29)10-14-26;/h4-7,21-22,29H,2-3,8-18H2,1H3,(H,24,25);1H. The van der Waals surface area contributed by atoms with Crippen LogP contribution in [0.1, 0.15) is 43.2 Å². The highest BCUT2D eigenvalue weighted by atomic mass is 127. The average Bonchev–Trinajstić information content (AvgIpc) is 3.43. The summed E-state index contributed by atoms with van der Waals surface area (Å²) in [5, 5.41) is 13.2. The first kappa shape index (κ1) is 23.8. The van der Waals surface area contributed by atoms with E-state index in [1.807, 2.05) is 7.05 Å². The van der Waals surface area contributed by atoms with Gasteiger partial charge < -0.3 is 15.3 Å². The summed E-state index contributed by atoms with van der Waals surface area (Å²) in [5.41, 5.74) is 2.64. The second-order valence-electron chi connectivity index (χ2n) is 8.86. The van der Waals surface area contributed by atoms with Gasteiger partial charge in [0.25, 0.3) is 0 Å². The first-order valence-electron chi connectivity index (χ1n) is 11.4. The van der Waals surface area contributed by atoms with Crippen molar-refractivity contribution >= 4 is 29.9 Å². The largest absolute Gasteiger partial charge is 0.393 e. The molecule has 0 amide bonds. The molecular weight excluding hydrogens is 489 g/mol. The Hall–Kier alpha value is -0.900. The van der Waals surface area contributed by atoms with Crippen LogP contribution in [0.4, 0.5) is 0 Å². The quantitative estimate of drug-likeness (QED) is 0.350. The van der Waals surface area contributed by atoms with E-state index in [0.717, 1.165) is 58.1 Å². The summed E-state index contributed by atoms with van der Waals surface area (Å²) in [6.07, 6.45) is 5.67. The third-order valence-electron chi connectivity index (χ3n) is 6.77. The molecule has 3 fully saturated rings. The van der Waals surface area contributed by atoms with Gasteiger partial charge in [-0.3, -0.25) is 14.8 Å². The van der Waals surface area contributed by atoms with Gasteiger partial charge in [-0.1, -0.05) is 24.3 Å². The van der Waals surface area contributed by atoms with Crippen molar-refractivity contribution < 1.29 is 5.11 Å². The molecule has 3 heterocycles. The van der Waals surface area contributed by atoms with E-state index in [0.29, 0.717) is 6.04 Å². The Labute approximate surface area is 198 Å². The van der Waals surface area contributed by atoms with Crippen LogP contribution in [0.2, 0.25) is 0 Å². The molecule has 0 radical (unpaired) electrons. The normalized spacial score (nSPS) is 24.3. The van der Waals surface area contributed by atoms with Crippen molar-refractivity contribution in [1.82, 2.24) is 20.0 Å². The maximum Gasteiger partial charge on any atom is 0.193 e. The molecule has 2 N–H and O–H groups in total. The molecule has 1 aromatic carbocycles. The monoisotopic (exact) mass is 527 g/mol. The lowest BCUT2D eigenvalue weighted by Gasteiger charge is -2.29. The van der Waals surface area contributed by atoms with Crippen LogP contribution in [-0.2, 0) is 13.1 Å². The van der Waals surface area contributed by atoms with Gasteiger partial charge in [0.1, 0.15) is 0 Å². The average molecular weight is 527 g/mol. The van der Waals surface area contributed by atoms with Crippen LogP contribution in [0.3, 0.4) is 0 Å². The molecule has 3 aliphatic heterocycles. The first-order chi connectivity index (χ1) is 14.2. The smallest absolute Gasteiger partial charge is 0.193 e. The van der Waals surface area contributed by atoms with Crippen LogP contribution in [0.25, 0.3) is 0 Å². The zero-order valence-corrected chi connectivity index (χ0v) is 20.6. The van der Waals surface area contributed by atoms with Crippen LogP contribution in [0.15, 0.2) is 29.3 Å². The fourth-order valence-electron chi connectivity index (χ4n) is 4.95. The van der Waals surface area contributed by atoms with Crippen molar-refractivity contribution in [2.45, 2.75) is 57.3 Å². The second-order valence-corrected chi connectivity index (χ2v) is 8.86. The number of piperidine rings is 1. The first-order valence-corrected chi connectivity index (χ1v) is 11.4. The van der Waals surface area contributed by atoms with Gasteiger partial charge in [-0.25, -0.2) is 0 Å². The third kappa shape index (κ3) is 6.31. The van der Waals surface area contributed by atoms with Crippen molar-refractivity contribution in [2.24, 2.45) is 4.99 Å². The van der Waals surface area contributed by atoms with E-state index in [1.165, 1.54) is 43.5 Å². The highest BCUT2D eigenvalue weighted by Crippen LogP contribution is 2.20. The number of likely N-dealkylation sites (tertiary alicyclic amines) is 3. The van der Waals surface area contributed by atoms with E-state index in [4.69, 9.17) is 0 Å². The number of aliphatic hydroxyl groups is 1. The molecule has 3 aliphatic rings. The predicted octanol–water partition coefficient (Wildman–Crippen LogP) is 2.51. The van der Waals surface area contributed by atoms with Crippen LogP contribution in [0, 0.1) is 0 Å². The van der Waals surface area contributed by atoms with Crippen LogP contribution >= 0.6 is 24.0 Å².